The van der Waals surface area contributed by atoms with Crippen molar-refractivity contribution in [3.8, 4) is 10.9 Å². The number of aryl methyl sites for hydroxylation is 1. The van der Waals surface area contributed by atoms with Gasteiger partial charge in [0, 0.05) is 23.5 Å². The maximum atomic E-state index is 13.8. The van der Waals surface area contributed by atoms with Crippen LogP contribution in [0, 0.1) is 12.7 Å². The number of anilines is 1. The lowest BCUT2D eigenvalue weighted by atomic mass is 10.1. The number of para-hydroxylation sites is 1. The Morgan fingerprint density at radius 3 is 2.67 bits per heavy atom. The van der Waals surface area contributed by atoms with Crippen LogP contribution in [-0.4, -0.2) is 15.3 Å². The quantitative estimate of drug-likeness (QED) is 0.440. The van der Waals surface area contributed by atoms with E-state index in [2.05, 4.69) is 38.9 Å². The molecule has 4 rings (SSSR count). The van der Waals surface area contributed by atoms with Crippen molar-refractivity contribution in [2.75, 3.05) is 5.32 Å². The number of amides is 1. The minimum absolute atomic E-state index is 0.124. The zero-order valence-electron chi connectivity index (χ0n) is 16.1. The van der Waals surface area contributed by atoms with E-state index in [4.69, 9.17) is 4.74 Å². The second-order valence-electron chi connectivity index (χ2n) is 6.70. The first-order chi connectivity index (χ1) is 14.6. The summed E-state index contributed by atoms with van der Waals surface area (Å²) in [6, 6.07) is 20.8. The summed E-state index contributed by atoms with van der Waals surface area (Å²) in [5.74, 6) is 0.206. The normalized spacial score (nSPS) is 10.6. The van der Waals surface area contributed by atoms with E-state index >= 15 is 0 Å². The van der Waals surface area contributed by atoms with E-state index in [1.807, 2.05) is 6.92 Å². The van der Waals surface area contributed by atoms with Crippen molar-refractivity contribution < 1.29 is 13.9 Å². The minimum Gasteiger partial charge on any atom is -0.430 e. The van der Waals surface area contributed by atoms with E-state index in [9.17, 15) is 9.18 Å². The van der Waals surface area contributed by atoms with Gasteiger partial charge in [-0.25, -0.2) is 4.39 Å². The molecule has 0 spiro atoms. The fourth-order valence-corrected chi connectivity index (χ4v) is 3.37. The summed E-state index contributed by atoms with van der Waals surface area (Å²) in [5.41, 5.74) is 2.79. The van der Waals surface area contributed by atoms with Crippen LogP contribution in [0.2, 0.25) is 0 Å². The molecule has 7 heteroatoms. The number of hydrogen-bond acceptors (Lipinski definition) is 5. The molecule has 5 nitrogen and oxygen atoms in total. The van der Waals surface area contributed by atoms with Gasteiger partial charge in [-0.1, -0.05) is 48.0 Å². The molecule has 150 valence electrons. The van der Waals surface area contributed by atoms with Crippen LogP contribution in [0.4, 0.5) is 10.1 Å². The molecule has 0 radical (unpaired) electrons. The van der Waals surface area contributed by atoms with Crippen molar-refractivity contribution in [2.45, 2.75) is 13.3 Å². The van der Waals surface area contributed by atoms with E-state index in [0.29, 0.717) is 28.8 Å². The highest BCUT2D eigenvalue weighted by molar-refractivity contribution is 7.07. The van der Waals surface area contributed by atoms with E-state index in [0.717, 1.165) is 17.1 Å². The van der Waals surface area contributed by atoms with Crippen molar-refractivity contribution >= 4 is 23.1 Å². The number of carbonyl (C=O) groups excluding carboxylic acids is 1. The first-order valence-electron chi connectivity index (χ1n) is 9.29. The minimum atomic E-state index is -0.492. The number of rotatable bonds is 6. The van der Waals surface area contributed by atoms with Crippen molar-refractivity contribution in [3.63, 3.8) is 0 Å². The number of halogens is 1. The second kappa shape index (κ2) is 8.84. The van der Waals surface area contributed by atoms with Crippen molar-refractivity contribution in [1.82, 2.24) is 9.36 Å². The molecular formula is C23H18FN3O2S. The molecule has 1 heterocycles. The maximum Gasteiger partial charge on any atom is 0.298 e. The molecule has 30 heavy (non-hydrogen) atoms. The molecule has 0 aliphatic heterocycles. The van der Waals surface area contributed by atoms with Crippen LogP contribution >= 0.6 is 11.5 Å². The Morgan fingerprint density at radius 1 is 1.07 bits per heavy atom. The third kappa shape index (κ3) is 4.87. The van der Waals surface area contributed by atoms with Crippen LogP contribution in [-0.2, 0) is 6.42 Å². The number of ether oxygens (including phenoxy) is 1. The summed E-state index contributed by atoms with van der Waals surface area (Å²) < 4.78 is 23.9. The fourth-order valence-electron chi connectivity index (χ4n) is 2.80. The molecule has 0 bridgehead atoms. The molecule has 4 aromatic rings. The van der Waals surface area contributed by atoms with E-state index < -0.39 is 11.7 Å². The van der Waals surface area contributed by atoms with Gasteiger partial charge in [0.1, 0.15) is 11.6 Å². The summed E-state index contributed by atoms with van der Waals surface area (Å²) in [5, 5.41) is 2.95. The van der Waals surface area contributed by atoms with Crippen LogP contribution in [0.1, 0.15) is 27.3 Å². The van der Waals surface area contributed by atoms with Gasteiger partial charge in [-0.2, -0.15) is 9.36 Å². The van der Waals surface area contributed by atoms with Gasteiger partial charge in [-0.3, -0.25) is 4.79 Å². The van der Waals surface area contributed by atoms with Crippen LogP contribution in [0.15, 0.2) is 72.8 Å². The number of benzene rings is 3. The third-order valence-corrected chi connectivity index (χ3v) is 4.99. The maximum absolute atomic E-state index is 13.8. The molecule has 0 fully saturated rings. The zero-order valence-corrected chi connectivity index (χ0v) is 16.9. The largest absolute Gasteiger partial charge is 0.430 e. The number of hydrogen-bond donors (Lipinski definition) is 1. The van der Waals surface area contributed by atoms with Gasteiger partial charge in [0.05, 0.1) is 5.69 Å². The number of aromatic nitrogens is 2. The topological polar surface area (TPSA) is 64.1 Å². The fraction of sp³-hybridized carbons (Fsp3) is 0.0870. The molecular weight excluding hydrogens is 401 g/mol. The second-order valence-corrected chi connectivity index (χ2v) is 7.42. The van der Waals surface area contributed by atoms with Crippen molar-refractivity contribution in [1.29, 1.82) is 0 Å². The smallest absolute Gasteiger partial charge is 0.298 e. The summed E-state index contributed by atoms with van der Waals surface area (Å²) in [4.78, 5) is 16.9. The Kier molecular flexibility index (Phi) is 5.81. The van der Waals surface area contributed by atoms with Gasteiger partial charge in [0.25, 0.3) is 11.1 Å². The Hall–Kier alpha value is -3.58. The molecule has 0 aliphatic carbocycles. The lowest BCUT2D eigenvalue weighted by Crippen LogP contribution is -2.12. The van der Waals surface area contributed by atoms with Gasteiger partial charge in [-0.15, -0.1) is 0 Å². The lowest BCUT2D eigenvalue weighted by Gasteiger charge is -2.07. The molecule has 0 atom stereocenters. The van der Waals surface area contributed by atoms with Crippen molar-refractivity contribution in [3.05, 3.63) is 101 Å². The molecule has 1 amide bonds. The molecule has 0 saturated heterocycles. The van der Waals surface area contributed by atoms with Gasteiger partial charge in [0.15, 0.2) is 5.82 Å². The Bertz CT molecular complexity index is 1180. The van der Waals surface area contributed by atoms with E-state index in [1.54, 1.807) is 36.4 Å². The highest BCUT2D eigenvalue weighted by atomic mass is 32.1. The predicted octanol–water partition coefficient (Wildman–Crippen LogP) is 5.62. The number of carbonyl (C=O) groups is 1. The SMILES string of the molecule is Cc1ccc(Cc2nsc(Oc3cccc(C(=O)Nc4ccccc4F)c3)n2)cc1. The average molecular weight is 419 g/mol. The molecule has 0 saturated carbocycles. The molecule has 0 aliphatic rings. The van der Waals surface area contributed by atoms with E-state index in [1.165, 1.54) is 17.7 Å². The number of nitrogens with one attached hydrogen (secondary N) is 1. The molecule has 1 N–H and O–H groups in total. The molecule has 3 aromatic carbocycles. The van der Waals surface area contributed by atoms with Crippen LogP contribution in [0.25, 0.3) is 0 Å². The van der Waals surface area contributed by atoms with Gasteiger partial charge in [-0.05, 0) is 42.8 Å². The van der Waals surface area contributed by atoms with Crippen molar-refractivity contribution in [2.24, 2.45) is 0 Å². The van der Waals surface area contributed by atoms with Gasteiger partial charge in [0.2, 0.25) is 0 Å². The van der Waals surface area contributed by atoms with Crippen LogP contribution < -0.4 is 10.1 Å². The highest BCUT2D eigenvalue weighted by Crippen LogP contribution is 2.25. The van der Waals surface area contributed by atoms with Crippen LogP contribution in [0.3, 0.4) is 0 Å². The lowest BCUT2D eigenvalue weighted by molar-refractivity contribution is 0.102. The summed E-state index contributed by atoms with van der Waals surface area (Å²) in [6.45, 7) is 2.04. The first-order valence-corrected chi connectivity index (χ1v) is 10.1. The number of nitrogens with zero attached hydrogens (tertiary/aromatic N) is 2. The predicted molar refractivity (Wildman–Crippen MR) is 115 cm³/mol. The average Bonchev–Trinajstić information content (AvgIpc) is 3.18. The van der Waals surface area contributed by atoms with Crippen LogP contribution in [0.5, 0.6) is 10.9 Å². The van der Waals surface area contributed by atoms with E-state index in [-0.39, 0.29) is 5.69 Å². The summed E-state index contributed by atoms with van der Waals surface area (Å²) >= 11 is 1.15. The Balaban J connectivity index is 1.43. The first kappa shape index (κ1) is 19.7. The summed E-state index contributed by atoms with van der Waals surface area (Å²) in [7, 11) is 0. The summed E-state index contributed by atoms with van der Waals surface area (Å²) in [6.07, 6.45) is 0.616. The monoisotopic (exact) mass is 419 g/mol. The van der Waals surface area contributed by atoms with Gasteiger partial charge >= 0.3 is 0 Å². The Labute approximate surface area is 177 Å². The molecule has 0 unspecified atom stereocenters. The Morgan fingerprint density at radius 2 is 1.87 bits per heavy atom. The third-order valence-electron chi connectivity index (χ3n) is 4.36. The molecule has 1 aromatic heterocycles. The van der Waals surface area contributed by atoms with Gasteiger partial charge < -0.3 is 10.1 Å². The highest BCUT2D eigenvalue weighted by Gasteiger charge is 2.12. The standard InChI is InChI=1S/C23H18FN3O2S/c1-15-9-11-16(12-10-15)13-21-26-23(30-27-21)29-18-6-4-5-17(14-18)22(28)25-20-8-3-2-7-19(20)24/h2-12,14H,13H2,1H3,(H,25,28). The zero-order chi connectivity index (χ0) is 20.9.